The number of hydrogen-bond acceptors (Lipinski definition) is 9. The zero-order chi connectivity index (χ0) is 30.1. The van der Waals surface area contributed by atoms with Gasteiger partial charge in [-0.1, -0.05) is 24.3 Å². The van der Waals surface area contributed by atoms with Gasteiger partial charge in [-0.3, -0.25) is 19.4 Å². The number of rotatable bonds is 9. The van der Waals surface area contributed by atoms with Crippen LogP contribution in [0.3, 0.4) is 0 Å². The van der Waals surface area contributed by atoms with Crippen LogP contribution in [0.4, 0.5) is 0 Å². The first kappa shape index (κ1) is 28.8. The number of pyridine rings is 1. The van der Waals surface area contributed by atoms with Gasteiger partial charge < -0.3 is 35.3 Å². The molecule has 5 N–H and O–H groups in total. The summed E-state index contributed by atoms with van der Waals surface area (Å²) in [6.45, 7) is 0.229. The van der Waals surface area contributed by atoms with Crippen molar-refractivity contribution in [2.75, 3.05) is 6.54 Å². The SMILES string of the molecule is NC(=O)C(CN(Cc1ccc(-c2cccs2)cn1)C(=O)c1ccc2c(c1)B(O)OC2)NC(=O)c1ccc2c(c1)B(O)OC2. The molecule has 2 aliphatic heterocycles. The van der Waals surface area contributed by atoms with Crippen LogP contribution in [0, 0.1) is 0 Å². The number of carbonyl (C=O) groups is 3. The fourth-order valence-corrected chi connectivity index (χ4v) is 5.79. The van der Waals surface area contributed by atoms with Gasteiger partial charge in [-0.15, -0.1) is 11.3 Å². The number of benzene rings is 2. The first-order valence-corrected chi connectivity index (χ1v) is 14.4. The summed E-state index contributed by atoms with van der Waals surface area (Å²) in [7, 11) is -2.28. The van der Waals surface area contributed by atoms with Crippen LogP contribution in [-0.2, 0) is 33.9 Å². The molecule has 0 saturated carbocycles. The summed E-state index contributed by atoms with van der Waals surface area (Å²) in [5.74, 6) is -1.90. The molecule has 0 radical (unpaired) electrons. The predicted molar refractivity (Wildman–Crippen MR) is 160 cm³/mol. The van der Waals surface area contributed by atoms with Crippen LogP contribution < -0.4 is 22.0 Å². The van der Waals surface area contributed by atoms with E-state index in [0.717, 1.165) is 21.6 Å². The van der Waals surface area contributed by atoms with Gasteiger partial charge in [0.2, 0.25) is 5.91 Å². The number of aromatic nitrogens is 1. The normalized spacial score (nSPS) is 14.3. The van der Waals surface area contributed by atoms with E-state index in [1.807, 2.05) is 23.6 Å². The average molecular weight is 596 g/mol. The first-order valence-electron chi connectivity index (χ1n) is 13.5. The van der Waals surface area contributed by atoms with Crippen LogP contribution in [0.15, 0.2) is 72.2 Å². The lowest BCUT2D eigenvalue weighted by molar-refractivity contribution is -0.120. The van der Waals surface area contributed by atoms with E-state index in [4.69, 9.17) is 15.0 Å². The molecule has 2 aromatic heterocycles. The van der Waals surface area contributed by atoms with Crippen LogP contribution in [0.2, 0.25) is 0 Å². The highest BCUT2D eigenvalue weighted by Gasteiger charge is 2.32. The topological polar surface area (TPSA) is 164 Å². The standard InChI is InChI=1S/C29H26B2N4O7S/c32-27(36)25(34-28(37)17-3-5-20-15-41-30(39)23(20)10-17)14-35(13-22-8-7-19(12-33-22)26-2-1-9-43-26)29(38)18-4-6-21-16-42-31(40)24(21)11-18/h1-12,25,39-40H,13-16H2,(H2,32,36)(H,34,37). The van der Waals surface area contributed by atoms with E-state index in [9.17, 15) is 24.4 Å². The van der Waals surface area contributed by atoms with Crippen molar-refractivity contribution in [2.24, 2.45) is 5.73 Å². The largest absolute Gasteiger partial charge is 0.491 e. The summed E-state index contributed by atoms with van der Waals surface area (Å²) in [5, 5.41) is 24.8. The van der Waals surface area contributed by atoms with Gasteiger partial charge in [-0.05, 0) is 63.8 Å². The Hall–Kier alpha value is -4.33. The third-order valence-electron chi connectivity index (χ3n) is 7.45. The van der Waals surface area contributed by atoms with Gasteiger partial charge in [-0.25, -0.2) is 0 Å². The van der Waals surface area contributed by atoms with Gasteiger partial charge in [-0.2, -0.15) is 0 Å². The number of amides is 3. The Kier molecular flexibility index (Phi) is 8.10. The second-order valence-corrected chi connectivity index (χ2v) is 11.2. The van der Waals surface area contributed by atoms with Crippen molar-refractivity contribution >= 4 is 54.2 Å². The van der Waals surface area contributed by atoms with Crippen LogP contribution >= 0.6 is 11.3 Å². The minimum Gasteiger partial charge on any atom is -0.423 e. The molecule has 43 heavy (non-hydrogen) atoms. The van der Waals surface area contributed by atoms with Crippen molar-refractivity contribution < 1.29 is 33.7 Å². The van der Waals surface area contributed by atoms with Crippen molar-refractivity contribution in [3.63, 3.8) is 0 Å². The molecule has 0 spiro atoms. The molecule has 0 fully saturated rings. The monoisotopic (exact) mass is 596 g/mol. The Bertz CT molecular complexity index is 1690. The summed E-state index contributed by atoms with van der Waals surface area (Å²) < 4.78 is 10.5. The number of nitrogens with zero attached hydrogens (tertiary/aromatic N) is 2. The van der Waals surface area contributed by atoms with Crippen molar-refractivity contribution in [3.05, 3.63) is 100 Å². The lowest BCUT2D eigenvalue weighted by Gasteiger charge is -2.27. The average Bonchev–Trinajstić information content (AvgIpc) is 3.77. The Labute approximate surface area is 251 Å². The molecule has 0 aliphatic carbocycles. The van der Waals surface area contributed by atoms with Crippen molar-refractivity contribution in [1.29, 1.82) is 0 Å². The van der Waals surface area contributed by atoms with E-state index in [1.165, 1.54) is 11.0 Å². The Morgan fingerprint density at radius 3 is 2.26 bits per heavy atom. The van der Waals surface area contributed by atoms with Crippen molar-refractivity contribution in [2.45, 2.75) is 25.8 Å². The van der Waals surface area contributed by atoms with E-state index in [2.05, 4.69) is 10.3 Å². The van der Waals surface area contributed by atoms with Gasteiger partial charge in [0.05, 0.1) is 32.0 Å². The van der Waals surface area contributed by atoms with Gasteiger partial charge in [0.25, 0.3) is 11.8 Å². The maximum absolute atomic E-state index is 13.9. The molecule has 3 amide bonds. The summed E-state index contributed by atoms with van der Waals surface area (Å²) in [6.07, 6.45) is 1.71. The molecule has 1 atom stereocenters. The number of carbonyl (C=O) groups excluding carboxylic acids is 3. The van der Waals surface area contributed by atoms with E-state index in [1.54, 1.807) is 53.9 Å². The number of primary amides is 1. The molecule has 4 heterocycles. The molecule has 2 aromatic carbocycles. The molecule has 14 heteroatoms. The maximum Gasteiger partial charge on any atom is 0.491 e. The molecule has 11 nitrogen and oxygen atoms in total. The highest BCUT2D eigenvalue weighted by atomic mass is 32.1. The zero-order valence-corrected chi connectivity index (χ0v) is 23.6. The third-order valence-corrected chi connectivity index (χ3v) is 8.37. The molecule has 1 unspecified atom stereocenters. The molecule has 2 aliphatic rings. The number of thiophene rings is 1. The summed E-state index contributed by atoms with van der Waals surface area (Å²) in [6, 6.07) is 16.0. The molecular weight excluding hydrogens is 570 g/mol. The quantitative estimate of drug-likeness (QED) is 0.199. The Morgan fingerprint density at radius 2 is 1.65 bits per heavy atom. The van der Waals surface area contributed by atoms with Gasteiger partial charge >= 0.3 is 14.2 Å². The maximum atomic E-state index is 13.9. The summed E-state index contributed by atoms with van der Waals surface area (Å²) >= 11 is 1.58. The minimum absolute atomic E-state index is 0.0156. The van der Waals surface area contributed by atoms with E-state index >= 15 is 0 Å². The number of nitrogens with two attached hydrogens (primary N) is 1. The van der Waals surface area contributed by atoms with Crippen molar-refractivity contribution in [1.82, 2.24) is 15.2 Å². The zero-order valence-electron chi connectivity index (χ0n) is 22.8. The predicted octanol–water partition coefficient (Wildman–Crippen LogP) is 0.172. The lowest BCUT2D eigenvalue weighted by atomic mass is 9.78. The Balaban J connectivity index is 1.26. The molecular formula is C29H26B2N4O7S. The van der Waals surface area contributed by atoms with Crippen LogP contribution in [0.25, 0.3) is 10.4 Å². The van der Waals surface area contributed by atoms with Gasteiger partial charge in [0.1, 0.15) is 6.04 Å². The molecule has 6 rings (SSSR count). The number of fused-ring (bicyclic) bond motifs is 2. The van der Waals surface area contributed by atoms with Crippen LogP contribution in [-0.4, -0.2) is 64.5 Å². The molecule has 216 valence electrons. The van der Waals surface area contributed by atoms with E-state index in [0.29, 0.717) is 16.6 Å². The summed E-state index contributed by atoms with van der Waals surface area (Å²) in [4.78, 5) is 46.6. The number of nitrogens with one attached hydrogen (secondary N) is 1. The highest BCUT2D eigenvalue weighted by molar-refractivity contribution is 7.13. The third kappa shape index (κ3) is 6.10. The Morgan fingerprint density at radius 1 is 0.977 bits per heavy atom. The highest BCUT2D eigenvalue weighted by Crippen LogP contribution is 2.24. The lowest BCUT2D eigenvalue weighted by Crippen LogP contribution is -2.52. The van der Waals surface area contributed by atoms with Crippen LogP contribution in [0.5, 0.6) is 0 Å². The molecule has 4 aromatic rings. The minimum atomic E-state index is -1.25. The number of hydrogen-bond donors (Lipinski definition) is 4. The van der Waals surface area contributed by atoms with E-state index in [-0.39, 0.29) is 37.4 Å². The summed E-state index contributed by atoms with van der Waals surface area (Å²) in [5.41, 5.74) is 10.1. The van der Waals surface area contributed by atoms with E-state index < -0.39 is 38.0 Å². The first-order chi connectivity index (χ1) is 20.8. The van der Waals surface area contributed by atoms with Gasteiger partial charge in [0, 0.05) is 27.8 Å². The van der Waals surface area contributed by atoms with Crippen molar-refractivity contribution in [3.8, 4) is 10.4 Å². The molecule has 0 saturated heterocycles. The fourth-order valence-electron chi connectivity index (χ4n) is 5.08. The van der Waals surface area contributed by atoms with Gasteiger partial charge in [0.15, 0.2) is 0 Å². The second kappa shape index (κ2) is 12.1. The molecule has 0 bridgehead atoms. The smallest absolute Gasteiger partial charge is 0.423 e. The van der Waals surface area contributed by atoms with Crippen LogP contribution in [0.1, 0.15) is 37.5 Å². The fraction of sp³-hybridized carbons (Fsp3) is 0.172. The second-order valence-electron chi connectivity index (χ2n) is 10.3.